The summed E-state index contributed by atoms with van der Waals surface area (Å²) in [6, 6.07) is 22.1. The van der Waals surface area contributed by atoms with E-state index in [0.29, 0.717) is 36.6 Å². The third kappa shape index (κ3) is 6.03. The molecule has 7 nitrogen and oxygen atoms in total. The number of aliphatic hydroxyl groups excluding tert-OH is 1. The number of hydrogen-bond acceptors (Lipinski definition) is 6. The first-order valence-electron chi connectivity index (χ1n) is 10.9. The fraction of sp³-hybridized carbons (Fsp3) is 0.269. The van der Waals surface area contributed by atoms with Gasteiger partial charge in [0.25, 0.3) is 5.91 Å². The second-order valence-corrected chi connectivity index (χ2v) is 7.89. The van der Waals surface area contributed by atoms with E-state index in [9.17, 15) is 9.90 Å². The van der Waals surface area contributed by atoms with Crippen LogP contribution in [0, 0.1) is 0 Å². The number of carbonyl (C=O) groups excluding carboxylic acids is 1. The highest BCUT2D eigenvalue weighted by molar-refractivity contribution is 5.95. The Kier molecular flexibility index (Phi) is 7.44. The van der Waals surface area contributed by atoms with E-state index in [1.807, 2.05) is 54.6 Å². The SMILES string of the molecule is COc1cccc(CNC[C@@H](O)[C@H](Cc2ccccc2)NC(=O)c2ccc3c(c2)OCO3)c1. The first kappa shape index (κ1) is 22.6. The van der Waals surface area contributed by atoms with Crippen molar-refractivity contribution in [1.29, 1.82) is 0 Å². The van der Waals surface area contributed by atoms with Crippen molar-refractivity contribution in [2.24, 2.45) is 0 Å². The monoisotopic (exact) mass is 448 g/mol. The molecule has 0 fully saturated rings. The highest BCUT2D eigenvalue weighted by Gasteiger charge is 2.24. The van der Waals surface area contributed by atoms with Gasteiger partial charge >= 0.3 is 0 Å². The molecular weight excluding hydrogens is 420 g/mol. The van der Waals surface area contributed by atoms with E-state index in [-0.39, 0.29) is 12.7 Å². The number of ether oxygens (including phenoxy) is 3. The summed E-state index contributed by atoms with van der Waals surface area (Å²) < 4.78 is 16.0. The quantitative estimate of drug-likeness (QED) is 0.442. The molecule has 3 aromatic rings. The van der Waals surface area contributed by atoms with Crippen LogP contribution in [0.1, 0.15) is 21.5 Å². The van der Waals surface area contributed by atoms with Crippen molar-refractivity contribution >= 4 is 5.91 Å². The van der Waals surface area contributed by atoms with Crippen LogP contribution in [0.4, 0.5) is 0 Å². The van der Waals surface area contributed by atoms with Crippen molar-refractivity contribution in [1.82, 2.24) is 10.6 Å². The van der Waals surface area contributed by atoms with E-state index in [2.05, 4.69) is 10.6 Å². The van der Waals surface area contributed by atoms with Crippen molar-refractivity contribution < 1.29 is 24.1 Å². The molecule has 0 bridgehead atoms. The van der Waals surface area contributed by atoms with Gasteiger partial charge in [-0.1, -0.05) is 42.5 Å². The number of nitrogens with one attached hydrogen (secondary N) is 2. The number of fused-ring (bicyclic) bond motifs is 1. The maximum atomic E-state index is 13.0. The lowest BCUT2D eigenvalue weighted by molar-refractivity contribution is 0.0829. The molecule has 3 N–H and O–H groups in total. The van der Waals surface area contributed by atoms with Crippen molar-refractivity contribution in [2.45, 2.75) is 25.1 Å². The summed E-state index contributed by atoms with van der Waals surface area (Å²) in [5.41, 5.74) is 2.53. The molecule has 0 saturated heterocycles. The van der Waals surface area contributed by atoms with Gasteiger partial charge in [-0.2, -0.15) is 0 Å². The molecule has 33 heavy (non-hydrogen) atoms. The molecule has 1 amide bonds. The Morgan fingerprint density at radius 2 is 1.79 bits per heavy atom. The summed E-state index contributed by atoms with van der Waals surface area (Å²) in [5, 5.41) is 17.2. The highest BCUT2D eigenvalue weighted by atomic mass is 16.7. The van der Waals surface area contributed by atoms with Gasteiger partial charge < -0.3 is 30.0 Å². The Labute approximate surface area is 193 Å². The Morgan fingerprint density at radius 3 is 2.61 bits per heavy atom. The third-order valence-corrected chi connectivity index (χ3v) is 5.53. The maximum Gasteiger partial charge on any atom is 0.251 e. The molecule has 7 heteroatoms. The first-order valence-corrected chi connectivity index (χ1v) is 10.9. The molecule has 1 heterocycles. The predicted molar refractivity (Wildman–Crippen MR) is 125 cm³/mol. The topological polar surface area (TPSA) is 89.1 Å². The van der Waals surface area contributed by atoms with Crippen LogP contribution in [-0.4, -0.2) is 43.6 Å². The second kappa shape index (κ2) is 10.8. The fourth-order valence-electron chi connectivity index (χ4n) is 3.73. The lowest BCUT2D eigenvalue weighted by Crippen LogP contribution is -2.48. The Hall–Kier alpha value is -3.55. The molecular formula is C26H28N2O5. The summed E-state index contributed by atoms with van der Waals surface area (Å²) in [5.74, 6) is 1.67. The average Bonchev–Trinajstić information content (AvgIpc) is 3.32. The molecule has 0 saturated carbocycles. The van der Waals surface area contributed by atoms with E-state index < -0.39 is 12.1 Å². The van der Waals surface area contributed by atoms with E-state index in [1.165, 1.54) is 0 Å². The molecule has 172 valence electrons. The van der Waals surface area contributed by atoms with Crippen molar-refractivity contribution in [2.75, 3.05) is 20.4 Å². The van der Waals surface area contributed by atoms with Gasteiger partial charge in [-0.15, -0.1) is 0 Å². The molecule has 4 rings (SSSR count). The largest absolute Gasteiger partial charge is 0.497 e. The molecule has 0 radical (unpaired) electrons. The number of rotatable bonds is 10. The third-order valence-electron chi connectivity index (χ3n) is 5.53. The van der Waals surface area contributed by atoms with Gasteiger partial charge in [0.2, 0.25) is 6.79 Å². The zero-order valence-corrected chi connectivity index (χ0v) is 18.5. The molecule has 1 aliphatic heterocycles. The number of aliphatic hydroxyl groups is 1. The Bertz CT molecular complexity index is 1070. The number of amides is 1. The fourth-order valence-corrected chi connectivity index (χ4v) is 3.73. The minimum absolute atomic E-state index is 0.148. The average molecular weight is 449 g/mol. The number of hydrogen-bond donors (Lipinski definition) is 3. The van der Waals surface area contributed by atoms with E-state index >= 15 is 0 Å². The van der Waals surface area contributed by atoms with Gasteiger partial charge in [-0.25, -0.2) is 0 Å². The van der Waals surface area contributed by atoms with Gasteiger partial charge in [0.15, 0.2) is 11.5 Å². The zero-order chi connectivity index (χ0) is 23.0. The summed E-state index contributed by atoms with van der Waals surface area (Å²) >= 11 is 0. The number of methoxy groups -OCH3 is 1. The van der Waals surface area contributed by atoms with E-state index in [1.54, 1.807) is 25.3 Å². The minimum Gasteiger partial charge on any atom is -0.497 e. The van der Waals surface area contributed by atoms with Gasteiger partial charge in [0.05, 0.1) is 19.3 Å². The summed E-state index contributed by atoms with van der Waals surface area (Å²) in [6.45, 7) is 1.03. The summed E-state index contributed by atoms with van der Waals surface area (Å²) in [4.78, 5) is 13.0. The lowest BCUT2D eigenvalue weighted by Gasteiger charge is -2.25. The molecule has 0 unspecified atom stereocenters. The maximum absolute atomic E-state index is 13.0. The molecule has 0 aliphatic carbocycles. The van der Waals surface area contributed by atoms with Crippen LogP contribution in [-0.2, 0) is 13.0 Å². The summed E-state index contributed by atoms with van der Waals surface area (Å²) in [6.07, 6.45) is -0.298. The molecule has 0 aromatic heterocycles. The second-order valence-electron chi connectivity index (χ2n) is 7.89. The molecule has 0 spiro atoms. The van der Waals surface area contributed by atoms with Gasteiger partial charge in [-0.05, 0) is 47.9 Å². The predicted octanol–water partition coefficient (Wildman–Crippen LogP) is 2.92. The minimum atomic E-state index is -0.797. The van der Waals surface area contributed by atoms with Gasteiger partial charge in [0.1, 0.15) is 5.75 Å². The van der Waals surface area contributed by atoms with Crippen molar-refractivity contribution in [3.63, 3.8) is 0 Å². The standard InChI is InChI=1S/C26H28N2O5/c1-31-21-9-5-8-19(12-21)15-27-16-23(29)22(13-18-6-3-2-4-7-18)28-26(30)20-10-11-24-25(14-20)33-17-32-24/h2-12,14,22-23,27,29H,13,15-17H2,1H3,(H,28,30)/t22-,23+/m0/s1. The smallest absolute Gasteiger partial charge is 0.251 e. The van der Waals surface area contributed by atoms with Crippen molar-refractivity contribution in [3.8, 4) is 17.2 Å². The van der Waals surface area contributed by atoms with E-state index in [0.717, 1.165) is 16.9 Å². The van der Waals surface area contributed by atoms with Crippen molar-refractivity contribution in [3.05, 3.63) is 89.5 Å². The molecule has 1 aliphatic rings. The van der Waals surface area contributed by atoms with Crippen LogP contribution in [0.5, 0.6) is 17.2 Å². The molecule has 2 atom stereocenters. The van der Waals surface area contributed by atoms with Crippen LogP contribution < -0.4 is 24.8 Å². The summed E-state index contributed by atoms with van der Waals surface area (Å²) in [7, 11) is 1.63. The van der Waals surface area contributed by atoms with Gasteiger partial charge in [-0.3, -0.25) is 4.79 Å². The van der Waals surface area contributed by atoms with Crippen LogP contribution in [0.25, 0.3) is 0 Å². The Balaban J connectivity index is 1.41. The van der Waals surface area contributed by atoms with Crippen LogP contribution in [0.15, 0.2) is 72.8 Å². The van der Waals surface area contributed by atoms with Gasteiger partial charge in [0, 0.05) is 18.7 Å². The lowest BCUT2D eigenvalue weighted by atomic mass is 10.00. The van der Waals surface area contributed by atoms with Crippen LogP contribution in [0.2, 0.25) is 0 Å². The first-order chi connectivity index (χ1) is 16.1. The Morgan fingerprint density at radius 1 is 1.00 bits per heavy atom. The normalized spacial score (nSPS) is 13.9. The number of benzene rings is 3. The zero-order valence-electron chi connectivity index (χ0n) is 18.5. The van der Waals surface area contributed by atoms with Crippen LogP contribution in [0.3, 0.4) is 0 Å². The van der Waals surface area contributed by atoms with Crippen LogP contribution >= 0.6 is 0 Å². The van der Waals surface area contributed by atoms with E-state index in [4.69, 9.17) is 14.2 Å². The highest BCUT2D eigenvalue weighted by Crippen LogP contribution is 2.32. The molecule has 3 aromatic carbocycles. The number of carbonyl (C=O) groups is 1.